The third-order valence-electron chi connectivity index (χ3n) is 3.10. The van der Waals surface area contributed by atoms with E-state index in [0.717, 1.165) is 26.7 Å². The van der Waals surface area contributed by atoms with Gasteiger partial charge in [-0.2, -0.15) is 0 Å². The highest BCUT2D eigenvalue weighted by Gasteiger charge is 2.14. The van der Waals surface area contributed by atoms with Gasteiger partial charge < -0.3 is 5.32 Å². The molecule has 0 bridgehead atoms. The number of ketones is 1. The van der Waals surface area contributed by atoms with Crippen molar-refractivity contribution in [3.8, 4) is 0 Å². The van der Waals surface area contributed by atoms with Crippen molar-refractivity contribution in [2.75, 3.05) is 11.9 Å². The highest BCUT2D eigenvalue weighted by Crippen LogP contribution is 2.34. The zero-order chi connectivity index (χ0) is 17.9. The molecule has 0 heterocycles. The number of rotatable bonds is 5. The van der Waals surface area contributed by atoms with E-state index < -0.39 is 0 Å². The lowest BCUT2D eigenvalue weighted by Crippen LogP contribution is -2.00. The van der Waals surface area contributed by atoms with Gasteiger partial charge in [0.2, 0.25) is 5.78 Å². The molecule has 0 aliphatic heterocycles. The molecular formula is C17H12Br3Cl2NO. The Hall–Kier alpha value is -0.330. The van der Waals surface area contributed by atoms with E-state index in [1.165, 1.54) is 0 Å². The van der Waals surface area contributed by atoms with Crippen molar-refractivity contribution >= 4 is 88.5 Å². The summed E-state index contributed by atoms with van der Waals surface area (Å²) in [5.74, 6) is -0.209. The van der Waals surface area contributed by atoms with Gasteiger partial charge in [-0.3, -0.25) is 4.79 Å². The summed E-state index contributed by atoms with van der Waals surface area (Å²) in [5.41, 5.74) is 2.23. The van der Waals surface area contributed by atoms with Gasteiger partial charge in [-0.05, 0) is 96.7 Å². The Balaban J connectivity index is 2.35. The fourth-order valence-corrected chi connectivity index (χ4v) is 4.51. The number of nitrogens with one attached hydrogen (secondary N) is 1. The van der Waals surface area contributed by atoms with Crippen molar-refractivity contribution in [2.24, 2.45) is 0 Å². The normalized spacial score (nSPS) is 11.5. The second-order valence-corrected chi connectivity index (χ2v) is 8.24. The molecule has 0 aliphatic rings. The molecule has 0 atom stereocenters. The Morgan fingerprint density at radius 1 is 1.17 bits per heavy atom. The summed E-state index contributed by atoms with van der Waals surface area (Å²) in [7, 11) is 0. The number of allylic oxidation sites excluding steroid dienone is 1. The Bertz CT molecular complexity index is 798. The van der Waals surface area contributed by atoms with Crippen LogP contribution in [0.2, 0.25) is 10.0 Å². The number of halogens is 5. The number of Topliss-reactive ketones (excluding diaryl/α,β-unsaturated/α-hetero) is 1. The number of hydrogen-bond donors (Lipinski definition) is 1. The van der Waals surface area contributed by atoms with Gasteiger partial charge >= 0.3 is 0 Å². The average Bonchev–Trinajstić information content (AvgIpc) is 2.50. The first-order valence-corrected chi connectivity index (χ1v) is 10.1. The SMILES string of the molecule is CCNc1c(Br)cc(C=C(Br)C(=O)c2ccc(Cl)cc2Cl)cc1Br. The number of carbonyl (C=O) groups excluding carboxylic acids is 1. The molecule has 2 aromatic rings. The van der Waals surface area contributed by atoms with E-state index in [0.29, 0.717) is 20.1 Å². The predicted octanol–water partition coefficient (Wildman–Crippen LogP) is 7.57. The van der Waals surface area contributed by atoms with Crippen LogP contribution in [-0.2, 0) is 0 Å². The Morgan fingerprint density at radius 3 is 2.33 bits per heavy atom. The Morgan fingerprint density at radius 2 is 1.79 bits per heavy atom. The minimum absolute atomic E-state index is 0.209. The third-order valence-corrected chi connectivity index (χ3v) is 5.49. The van der Waals surface area contributed by atoms with Crippen molar-refractivity contribution in [3.05, 3.63) is 64.9 Å². The van der Waals surface area contributed by atoms with Crippen LogP contribution in [0.5, 0.6) is 0 Å². The molecule has 0 saturated carbocycles. The molecule has 0 aromatic heterocycles. The standard InChI is InChI=1S/C17H12Br3Cl2NO/c1-2-23-16-12(18)5-9(6-13(16)19)7-14(20)17(24)11-4-3-10(21)8-15(11)22/h3-8,23H,2H2,1H3. The second kappa shape index (κ2) is 8.86. The number of carbonyl (C=O) groups is 1. The summed E-state index contributed by atoms with van der Waals surface area (Å²) >= 11 is 22.4. The molecule has 2 nitrogen and oxygen atoms in total. The highest BCUT2D eigenvalue weighted by atomic mass is 79.9. The molecule has 0 spiro atoms. The molecule has 7 heteroatoms. The van der Waals surface area contributed by atoms with E-state index in [4.69, 9.17) is 23.2 Å². The molecule has 2 rings (SSSR count). The topological polar surface area (TPSA) is 29.1 Å². The molecule has 0 aliphatic carbocycles. The largest absolute Gasteiger partial charge is 0.383 e. The van der Waals surface area contributed by atoms with Crippen LogP contribution < -0.4 is 5.32 Å². The van der Waals surface area contributed by atoms with Crippen molar-refractivity contribution < 1.29 is 4.79 Å². The maximum absolute atomic E-state index is 12.5. The van der Waals surface area contributed by atoms with Crippen molar-refractivity contribution in [2.45, 2.75) is 6.92 Å². The molecule has 2 aromatic carbocycles. The number of hydrogen-bond acceptors (Lipinski definition) is 2. The molecular weight excluding hydrogens is 545 g/mol. The van der Waals surface area contributed by atoms with Gasteiger partial charge in [0.15, 0.2) is 0 Å². The Kier molecular flexibility index (Phi) is 7.38. The van der Waals surface area contributed by atoms with Crippen LogP contribution in [0.25, 0.3) is 6.08 Å². The summed E-state index contributed by atoms with van der Waals surface area (Å²) in [6.45, 7) is 2.83. The summed E-state index contributed by atoms with van der Waals surface area (Å²) in [6, 6.07) is 8.66. The summed E-state index contributed by atoms with van der Waals surface area (Å²) in [6.07, 6.45) is 1.75. The molecule has 1 N–H and O–H groups in total. The fourth-order valence-electron chi connectivity index (χ4n) is 2.04. The fraction of sp³-hybridized carbons (Fsp3) is 0.118. The maximum Gasteiger partial charge on any atom is 0.201 e. The van der Waals surface area contributed by atoms with E-state index in [2.05, 4.69) is 53.1 Å². The molecule has 0 radical (unpaired) electrons. The van der Waals surface area contributed by atoms with Crippen molar-refractivity contribution in [1.82, 2.24) is 0 Å². The number of benzene rings is 2. The number of anilines is 1. The van der Waals surface area contributed by atoms with Crippen LogP contribution in [0.15, 0.2) is 43.8 Å². The molecule has 0 unspecified atom stereocenters. The third kappa shape index (κ3) is 4.85. The smallest absolute Gasteiger partial charge is 0.201 e. The minimum atomic E-state index is -0.209. The summed E-state index contributed by atoms with van der Waals surface area (Å²) in [5, 5.41) is 4.07. The monoisotopic (exact) mass is 553 g/mol. The molecule has 0 fully saturated rings. The van der Waals surface area contributed by atoms with E-state index >= 15 is 0 Å². The molecule has 24 heavy (non-hydrogen) atoms. The minimum Gasteiger partial charge on any atom is -0.383 e. The molecule has 0 amide bonds. The van der Waals surface area contributed by atoms with Crippen LogP contribution in [0.4, 0.5) is 5.69 Å². The van der Waals surface area contributed by atoms with Crippen LogP contribution in [0, 0.1) is 0 Å². The van der Waals surface area contributed by atoms with E-state index in [-0.39, 0.29) is 5.78 Å². The average molecular weight is 557 g/mol. The second-order valence-electron chi connectivity index (χ2n) is 4.84. The van der Waals surface area contributed by atoms with Crippen molar-refractivity contribution in [1.29, 1.82) is 0 Å². The quantitative estimate of drug-likeness (QED) is 0.304. The van der Waals surface area contributed by atoms with Crippen LogP contribution in [0.1, 0.15) is 22.8 Å². The van der Waals surface area contributed by atoms with E-state index in [1.807, 2.05) is 19.1 Å². The Labute approximate surface area is 176 Å². The van der Waals surface area contributed by atoms with Gasteiger partial charge in [0.1, 0.15) is 0 Å². The maximum atomic E-state index is 12.5. The van der Waals surface area contributed by atoms with Gasteiger partial charge in [0.25, 0.3) is 0 Å². The summed E-state index contributed by atoms with van der Waals surface area (Å²) in [4.78, 5) is 12.5. The zero-order valence-corrected chi connectivity index (χ0v) is 18.7. The first-order valence-electron chi connectivity index (χ1n) is 6.93. The first-order chi connectivity index (χ1) is 11.3. The molecule has 126 valence electrons. The highest BCUT2D eigenvalue weighted by molar-refractivity contribution is 9.12. The van der Waals surface area contributed by atoms with Gasteiger partial charge in [-0.1, -0.05) is 23.2 Å². The van der Waals surface area contributed by atoms with Crippen LogP contribution >= 0.6 is 71.0 Å². The lowest BCUT2D eigenvalue weighted by Gasteiger charge is -2.10. The van der Waals surface area contributed by atoms with Gasteiger partial charge in [-0.25, -0.2) is 0 Å². The first kappa shape index (κ1) is 20.0. The van der Waals surface area contributed by atoms with Crippen LogP contribution in [-0.4, -0.2) is 12.3 Å². The van der Waals surface area contributed by atoms with Crippen molar-refractivity contribution in [3.63, 3.8) is 0 Å². The lowest BCUT2D eigenvalue weighted by atomic mass is 10.1. The van der Waals surface area contributed by atoms with E-state index in [1.54, 1.807) is 24.3 Å². The zero-order valence-electron chi connectivity index (χ0n) is 12.5. The van der Waals surface area contributed by atoms with Gasteiger partial charge in [0, 0.05) is 26.1 Å². The molecule has 0 saturated heterocycles. The predicted molar refractivity (Wildman–Crippen MR) is 114 cm³/mol. The van der Waals surface area contributed by atoms with Gasteiger partial charge in [-0.15, -0.1) is 0 Å². The summed E-state index contributed by atoms with van der Waals surface area (Å²) < 4.78 is 2.21. The van der Waals surface area contributed by atoms with Crippen LogP contribution in [0.3, 0.4) is 0 Å². The lowest BCUT2D eigenvalue weighted by molar-refractivity contribution is 0.104. The van der Waals surface area contributed by atoms with Gasteiger partial charge in [0.05, 0.1) is 15.2 Å². The van der Waals surface area contributed by atoms with E-state index in [9.17, 15) is 4.79 Å².